The molecule has 0 spiro atoms. The van der Waals surface area contributed by atoms with Crippen LogP contribution in [0.1, 0.15) is 22.7 Å². The Hall–Kier alpha value is -3.91. The van der Waals surface area contributed by atoms with Crippen LogP contribution < -0.4 is 4.90 Å². The van der Waals surface area contributed by atoms with Crippen LogP contribution in [0.5, 0.6) is 0 Å². The van der Waals surface area contributed by atoms with Gasteiger partial charge in [-0.2, -0.15) is 0 Å². The molecule has 1 aliphatic rings. The van der Waals surface area contributed by atoms with Crippen LogP contribution in [0.2, 0.25) is 0 Å². The van der Waals surface area contributed by atoms with E-state index in [9.17, 15) is 19.1 Å². The van der Waals surface area contributed by atoms with Gasteiger partial charge in [-0.25, -0.2) is 9.37 Å². The molecule has 8 heteroatoms. The summed E-state index contributed by atoms with van der Waals surface area (Å²) >= 11 is 1.23. The van der Waals surface area contributed by atoms with E-state index in [1.807, 2.05) is 25.1 Å². The Morgan fingerprint density at radius 3 is 2.59 bits per heavy atom. The number of hydrogen-bond donors (Lipinski definition) is 1. The zero-order valence-corrected chi connectivity index (χ0v) is 17.6. The number of rotatable bonds is 3. The zero-order chi connectivity index (χ0) is 22.4. The van der Waals surface area contributed by atoms with Crippen LogP contribution in [0, 0.1) is 12.7 Å². The Balaban J connectivity index is 1.76. The standard InChI is InChI=1S/C24H16FN3O3S/c1-13-6-7-17-18(12-13)32-24(27-17)28-20(15-4-2-3-5-16(15)25)19(22(30)23(28)31)21(29)14-8-10-26-11-9-14/h2-12,20,29H,1H3. The van der Waals surface area contributed by atoms with Crippen molar-refractivity contribution in [3.05, 3.63) is 95.1 Å². The molecule has 1 saturated heterocycles. The highest BCUT2D eigenvalue weighted by molar-refractivity contribution is 7.22. The molecule has 1 aliphatic heterocycles. The third kappa shape index (κ3) is 3.16. The average Bonchev–Trinajstić information content (AvgIpc) is 3.32. The van der Waals surface area contributed by atoms with E-state index in [4.69, 9.17) is 0 Å². The van der Waals surface area contributed by atoms with Gasteiger partial charge in [0, 0.05) is 23.5 Å². The lowest BCUT2D eigenvalue weighted by molar-refractivity contribution is -0.132. The number of hydrogen-bond acceptors (Lipinski definition) is 6. The molecule has 158 valence electrons. The molecule has 1 fully saturated rings. The number of aliphatic hydroxyl groups excluding tert-OH is 1. The average molecular weight is 445 g/mol. The zero-order valence-electron chi connectivity index (χ0n) is 16.8. The third-order valence-electron chi connectivity index (χ3n) is 5.34. The smallest absolute Gasteiger partial charge is 0.301 e. The first-order valence-corrected chi connectivity index (χ1v) is 10.6. The fourth-order valence-electron chi connectivity index (χ4n) is 3.81. The Kier molecular flexibility index (Phi) is 4.79. The number of amides is 1. The van der Waals surface area contributed by atoms with Crippen molar-refractivity contribution in [2.24, 2.45) is 0 Å². The van der Waals surface area contributed by atoms with Crippen molar-refractivity contribution in [2.45, 2.75) is 13.0 Å². The maximum atomic E-state index is 14.9. The first kappa shape index (κ1) is 20.0. The Morgan fingerprint density at radius 1 is 1.09 bits per heavy atom. The van der Waals surface area contributed by atoms with Gasteiger partial charge in [0.2, 0.25) is 0 Å². The number of aliphatic hydroxyl groups is 1. The maximum Gasteiger partial charge on any atom is 0.301 e. The summed E-state index contributed by atoms with van der Waals surface area (Å²) in [7, 11) is 0. The van der Waals surface area contributed by atoms with Crippen LogP contribution in [0.15, 0.2) is 72.6 Å². The molecule has 0 aliphatic carbocycles. The topological polar surface area (TPSA) is 83.4 Å². The largest absolute Gasteiger partial charge is 0.507 e. The normalized spacial score (nSPS) is 17.9. The summed E-state index contributed by atoms with van der Waals surface area (Å²) in [6.45, 7) is 1.94. The minimum atomic E-state index is -1.16. The van der Waals surface area contributed by atoms with Gasteiger partial charge in [-0.05, 0) is 42.8 Å². The summed E-state index contributed by atoms with van der Waals surface area (Å²) < 4.78 is 15.7. The van der Waals surface area contributed by atoms with Gasteiger partial charge in [-0.15, -0.1) is 0 Å². The van der Waals surface area contributed by atoms with Gasteiger partial charge in [0.25, 0.3) is 5.78 Å². The van der Waals surface area contributed by atoms with E-state index in [2.05, 4.69) is 9.97 Å². The van der Waals surface area contributed by atoms with Crippen LogP contribution in [-0.2, 0) is 9.59 Å². The SMILES string of the molecule is Cc1ccc2nc(N3C(=O)C(=O)C(=C(O)c4ccncc4)C3c3ccccc3F)sc2c1. The molecule has 32 heavy (non-hydrogen) atoms. The second-order valence-corrected chi connectivity index (χ2v) is 8.40. The summed E-state index contributed by atoms with van der Waals surface area (Å²) in [5, 5.41) is 11.2. The van der Waals surface area contributed by atoms with E-state index in [0.29, 0.717) is 11.1 Å². The quantitative estimate of drug-likeness (QED) is 0.279. The number of fused-ring (bicyclic) bond motifs is 1. The van der Waals surface area contributed by atoms with Gasteiger partial charge in [0.15, 0.2) is 5.13 Å². The van der Waals surface area contributed by atoms with Crippen LogP contribution >= 0.6 is 11.3 Å². The summed E-state index contributed by atoms with van der Waals surface area (Å²) in [4.78, 5) is 35.9. The number of carbonyl (C=O) groups excluding carboxylic acids is 2. The number of carbonyl (C=O) groups is 2. The summed E-state index contributed by atoms with van der Waals surface area (Å²) in [5.74, 6) is -2.76. The number of halogens is 1. The molecule has 6 nitrogen and oxygen atoms in total. The highest BCUT2D eigenvalue weighted by Crippen LogP contribution is 2.44. The van der Waals surface area contributed by atoms with Crippen molar-refractivity contribution >= 4 is 44.1 Å². The molecule has 0 saturated carbocycles. The van der Waals surface area contributed by atoms with E-state index >= 15 is 0 Å². The van der Waals surface area contributed by atoms with Gasteiger partial charge in [0.1, 0.15) is 17.6 Å². The lowest BCUT2D eigenvalue weighted by Gasteiger charge is -2.23. The first-order valence-electron chi connectivity index (χ1n) is 9.78. The molecule has 2 aromatic carbocycles. The molecule has 1 unspecified atom stereocenters. The summed E-state index contributed by atoms with van der Waals surface area (Å²) in [6, 6.07) is 13.4. The molecule has 1 N–H and O–H groups in total. The first-order chi connectivity index (χ1) is 15.5. The molecule has 3 heterocycles. The molecule has 2 aromatic heterocycles. The number of ketones is 1. The number of anilines is 1. The molecular weight excluding hydrogens is 429 g/mol. The number of nitrogens with zero attached hydrogens (tertiary/aromatic N) is 3. The van der Waals surface area contributed by atoms with Crippen molar-refractivity contribution in [3.63, 3.8) is 0 Å². The van der Waals surface area contributed by atoms with E-state index in [1.54, 1.807) is 6.07 Å². The highest BCUT2D eigenvalue weighted by atomic mass is 32.1. The number of thiazole rings is 1. The van der Waals surface area contributed by atoms with Gasteiger partial charge in [-0.3, -0.25) is 19.5 Å². The molecule has 1 atom stereocenters. The van der Waals surface area contributed by atoms with E-state index in [-0.39, 0.29) is 16.3 Å². The van der Waals surface area contributed by atoms with E-state index < -0.39 is 29.3 Å². The van der Waals surface area contributed by atoms with Crippen molar-refractivity contribution in [2.75, 3.05) is 4.90 Å². The van der Waals surface area contributed by atoms with Gasteiger partial charge < -0.3 is 5.11 Å². The van der Waals surface area contributed by atoms with Gasteiger partial charge in [0.05, 0.1) is 15.8 Å². The van der Waals surface area contributed by atoms with Gasteiger partial charge >= 0.3 is 5.91 Å². The summed E-state index contributed by atoms with van der Waals surface area (Å²) in [5.41, 5.74) is 1.90. The highest BCUT2D eigenvalue weighted by Gasteiger charge is 2.49. The molecule has 0 radical (unpaired) electrons. The Morgan fingerprint density at radius 2 is 1.84 bits per heavy atom. The van der Waals surface area contributed by atoms with Crippen LogP contribution in [0.25, 0.3) is 16.0 Å². The number of benzene rings is 2. The van der Waals surface area contributed by atoms with Crippen LogP contribution in [-0.4, -0.2) is 26.8 Å². The molecule has 5 rings (SSSR count). The molecule has 1 amide bonds. The Bertz CT molecular complexity index is 1410. The predicted octanol–water partition coefficient (Wildman–Crippen LogP) is 4.77. The summed E-state index contributed by atoms with van der Waals surface area (Å²) in [6.07, 6.45) is 2.91. The monoisotopic (exact) mass is 445 g/mol. The van der Waals surface area contributed by atoms with Crippen LogP contribution in [0.4, 0.5) is 9.52 Å². The second-order valence-electron chi connectivity index (χ2n) is 7.39. The van der Waals surface area contributed by atoms with E-state index in [1.165, 1.54) is 59.0 Å². The predicted molar refractivity (Wildman–Crippen MR) is 120 cm³/mol. The van der Waals surface area contributed by atoms with Crippen LogP contribution in [0.3, 0.4) is 0 Å². The number of Topliss-reactive ketones (excluding diaryl/α,β-unsaturated/α-hetero) is 1. The lowest BCUT2D eigenvalue weighted by atomic mass is 9.95. The van der Waals surface area contributed by atoms with Crippen molar-refractivity contribution in [1.29, 1.82) is 0 Å². The van der Waals surface area contributed by atoms with E-state index in [0.717, 1.165) is 10.3 Å². The number of pyridine rings is 1. The fraction of sp³-hybridized carbons (Fsp3) is 0.0833. The molecule has 4 aromatic rings. The van der Waals surface area contributed by atoms with Gasteiger partial charge in [-0.1, -0.05) is 35.6 Å². The molecule has 0 bridgehead atoms. The number of aryl methyl sites for hydroxylation is 1. The minimum absolute atomic E-state index is 0.0951. The van der Waals surface area contributed by atoms with Crippen molar-refractivity contribution < 1.29 is 19.1 Å². The molecular formula is C24H16FN3O3S. The number of aromatic nitrogens is 2. The second kappa shape index (κ2) is 7.65. The lowest BCUT2D eigenvalue weighted by Crippen LogP contribution is -2.29. The Labute approximate surface area is 186 Å². The van der Waals surface area contributed by atoms with Crippen molar-refractivity contribution in [1.82, 2.24) is 9.97 Å². The van der Waals surface area contributed by atoms with Crippen molar-refractivity contribution in [3.8, 4) is 0 Å². The minimum Gasteiger partial charge on any atom is -0.507 e. The fourth-order valence-corrected chi connectivity index (χ4v) is 4.90. The third-order valence-corrected chi connectivity index (χ3v) is 6.35. The maximum absolute atomic E-state index is 14.9.